The quantitative estimate of drug-likeness (QED) is 0.890. The number of fused-ring (bicyclic) bond motifs is 1. The lowest BCUT2D eigenvalue weighted by atomic mass is 9.89. The van der Waals surface area contributed by atoms with Gasteiger partial charge in [-0.3, -0.25) is 0 Å². The molecular formula is C18H25NOS2. The van der Waals surface area contributed by atoms with Crippen LogP contribution >= 0.6 is 23.5 Å². The minimum Gasteiger partial charge on any atom is -0.374 e. The molecule has 1 aromatic carbocycles. The van der Waals surface area contributed by atoms with Crippen molar-refractivity contribution in [2.24, 2.45) is 0 Å². The largest absolute Gasteiger partial charge is 0.374 e. The lowest BCUT2D eigenvalue weighted by Gasteiger charge is -2.39. The first-order valence-electron chi connectivity index (χ1n) is 8.48. The van der Waals surface area contributed by atoms with Crippen molar-refractivity contribution < 1.29 is 4.74 Å². The maximum absolute atomic E-state index is 6.17. The molecule has 120 valence electrons. The molecular weight excluding hydrogens is 310 g/mol. The van der Waals surface area contributed by atoms with Gasteiger partial charge in [-0.1, -0.05) is 24.3 Å². The lowest BCUT2D eigenvalue weighted by molar-refractivity contribution is -0.0711. The Hall–Kier alpha value is -0.160. The van der Waals surface area contributed by atoms with Gasteiger partial charge in [0.25, 0.3) is 0 Å². The van der Waals surface area contributed by atoms with Crippen LogP contribution in [-0.4, -0.2) is 41.3 Å². The second-order valence-corrected chi connectivity index (χ2v) is 9.02. The number of ether oxygens (including phenoxy) is 1. The van der Waals surface area contributed by atoms with Crippen molar-refractivity contribution in [2.75, 3.05) is 29.6 Å². The standard InChI is InChI=1S/C18H25NOS2/c1-2-4-16-14(3-1)6-9-21-12-17(16)19-15-5-8-20-18(11-15)7-10-22-13-18/h1-4,15,17,19H,5-13H2/t15-,17-,18+/m0/s1. The SMILES string of the molecule is c1ccc2c(c1)CCSC[C@@H]2N[C@H]1CCO[C@]2(CCSC2)C1. The first-order chi connectivity index (χ1) is 10.8. The molecule has 4 rings (SSSR count). The normalized spacial score (nSPS) is 35.3. The molecule has 1 N–H and O–H groups in total. The molecule has 2 fully saturated rings. The number of rotatable bonds is 2. The Morgan fingerprint density at radius 1 is 1.18 bits per heavy atom. The second kappa shape index (κ2) is 6.76. The molecule has 4 heteroatoms. The summed E-state index contributed by atoms with van der Waals surface area (Å²) in [5.41, 5.74) is 3.26. The van der Waals surface area contributed by atoms with E-state index in [0.29, 0.717) is 12.1 Å². The first kappa shape index (κ1) is 15.4. The molecule has 1 aromatic rings. The van der Waals surface area contributed by atoms with E-state index < -0.39 is 0 Å². The summed E-state index contributed by atoms with van der Waals surface area (Å²) in [4.78, 5) is 0. The maximum Gasteiger partial charge on any atom is 0.0795 e. The third-order valence-electron chi connectivity index (χ3n) is 5.23. The molecule has 0 radical (unpaired) electrons. The minimum atomic E-state index is 0.179. The third kappa shape index (κ3) is 3.21. The van der Waals surface area contributed by atoms with Gasteiger partial charge in [0.05, 0.1) is 5.60 Å². The van der Waals surface area contributed by atoms with Crippen LogP contribution in [0.3, 0.4) is 0 Å². The van der Waals surface area contributed by atoms with Crippen molar-refractivity contribution in [1.29, 1.82) is 0 Å². The molecule has 3 aliphatic rings. The van der Waals surface area contributed by atoms with Gasteiger partial charge in [0, 0.05) is 30.2 Å². The van der Waals surface area contributed by atoms with Crippen molar-refractivity contribution in [3.8, 4) is 0 Å². The van der Waals surface area contributed by atoms with Gasteiger partial charge in [-0.25, -0.2) is 0 Å². The maximum atomic E-state index is 6.17. The molecule has 22 heavy (non-hydrogen) atoms. The molecule has 0 bridgehead atoms. The fraction of sp³-hybridized carbons (Fsp3) is 0.667. The summed E-state index contributed by atoms with van der Waals surface area (Å²) in [6.45, 7) is 0.930. The number of benzene rings is 1. The molecule has 2 saturated heterocycles. The Morgan fingerprint density at radius 2 is 2.14 bits per heavy atom. The van der Waals surface area contributed by atoms with Crippen molar-refractivity contribution in [1.82, 2.24) is 5.32 Å². The number of aryl methyl sites for hydroxylation is 1. The van der Waals surface area contributed by atoms with E-state index in [1.54, 1.807) is 5.56 Å². The number of hydrogen-bond donors (Lipinski definition) is 1. The summed E-state index contributed by atoms with van der Waals surface area (Å²) in [6.07, 6.45) is 4.82. The summed E-state index contributed by atoms with van der Waals surface area (Å²) in [6, 6.07) is 10.2. The fourth-order valence-corrected chi connectivity index (χ4v) is 6.45. The van der Waals surface area contributed by atoms with E-state index >= 15 is 0 Å². The van der Waals surface area contributed by atoms with Gasteiger partial charge in [-0.15, -0.1) is 0 Å². The molecule has 0 aromatic heterocycles. The van der Waals surface area contributed by atoms with Crippen LogP contribution in [0.15, 0.2) is 24.3 Å². The summed E-state index contributed by atoms with van der Waals surface area (Å²) in [5, 5.41) is 4.00. The van der Waals surface area contributed by atoms with Crippen molar-refractivity contribution in [2.45, 2.75) is 43.4 Å². The highest BCUT2D eigenvalue weighted by molar-refractivity contribution is 7.99. The van der Waals surface area contributed by atoms with Crippen LogP contribution in [-0.2, 0) is 11.2 Å². The van der Waals surface area contributed by atoms with Crippen LogP contribution in [0, 0.1) is 0 Å². The van der Waals surface area contributed by atoms with E-state index in [1.807, 2.05) is 0 Å². The predicted molar refractivity (Wildman–Crippen MR) is 97.0 cm³/mol. The molecule has 1 spiro atoms. The van der Waals surface area contributed by atoms with E-state index in [4.69, 9.17) is 4.74 Å². The smallest absolute Gasteiger partial charge is 0.0795 e. The molecule has 0 unspecified atom stereocenters. The van der Waals surface area contributed by atoms with E-state index in [-0.39, 0.29) is 5.60 Å². The Kier molecular flexibility index (Phi) is 4.72. The number of hydrogen-bond acceptors (Lipinski definition) is 4. The van der Waals surface area contributed by atoms with Crippen molar-refractivity contribution >= 4 is 23.5 Å². The Bertz CT molecular complexity index is 516. The van der Waals surface area contributed by atoms with Gasteiger partial charge in [0.15, 0.2) is 0 Å². The molecule has 0 saturated carbocycles. The predicted octanol–water partition coefficient (Wildman–Crippen LogP) is 3.66. The summed E-state index contributed by atoms with van der Waals surface area (Å²) < 4.78 is 6.17. The zero-order chi connectivity index (χ0) is 14.8. The van der Waals surface area contributed by atoms with Gasteiger partial charge in [-0.05, 0) is 48.3 Å². The average molecular weight is 336 g/mol. The van der Waals surface area contributed by atoms with E-state index in [9.17, 15) is 0 Å². The highest BCUT2D eigenvalue weighted by Crippen LogP contribution is 2.39. The van der Waals surface area contributed by atoms with Gasteiger partial charge in [0.2, 0.25) is 0 Å². The topological polar surface area (TPSA) is 21.3 Å². The molecule has 3 atom stereocenters. The molecule has 2 nitrogen and oxygen atoms in total. The Morgan fingerprint density at radius 3 is 3.05 bits per heavy atom. The minimum absolute atomic E-state index is 0.179. The van der Waals surface area contributed by atoms with Crippen LogP contribution in [0.2, 0.25) is 0 Å². The van der Waals surface area contributed by atoms with E-state index in [2.05, 4.69) is 53.1 Å². The Labute approximate surface area is 142 Å². The third-order valence-corrected chi connectivity index (χ3v) is 7.51. The van der Waals surface area contributed by atoms with E-state index in [1.165, 1.54) is 47.8 Å². The van der Waals surface area contributed by atoms with E-state index in [0.717, 1.165) is 13.0 Å². The van der Waals surface area contributed by atoms with Gasteiger partial charge >= 0.3 is 0 Å². The number of thioether (sulfide) groups is 2. The highest BCUT2D eigenvalue weighted by atomic mass is 32.2. The summed E-state index contributed by atoms with van der Waals surface area (Å²) in [5.74, 6) is 4.93. The fourth-order valence-electron chi connectivity index (χ4n) is 4.03. The molecule has 3 aliphatic heterocycles. The average Bonchev–Trinajstić information content (AvgIpc) is 2.88. The first-order valence-corrected chi connectivity index (χ1v) is 10.8. The number of nitrogens with one attached hydrogen (secondary N) is 1. The van der Waals surface area contributed by atoms with Crippen LogP contribution in [0.5, 0.6) is 0 Å². The van der Waals surface area contributed by atoms with Crippen LogP contribution in [0.4, 0.5) is 0 Å². The summed E-state index contributed by atoms with van der Waals surface area (Å²) in [7, 11) is 0. The zero-order valence-corrected chi connectivity index (χ0v) is 14.7. The highest BCUT2D eigenvalue weighted by Gasteiger charge is 2.41. The lowest BCUT2D eigenvalue weighted by Crippen LogP contribution is -2.48. The van der Waals surface area contributed by atoms with Crippen LogP contribution < -0.4 is 5.32 Å². The van der Waals surface area contributed by atoms with Crippen molar-refractivity contribution in [3.63, 3.8) is 0 Å². The monoisotopic (exact) mass is 335 g/mol. The van der Waals surface area contributed by atoms with Gasteiger partial charge in [-0.2, -0.15) is 23.5 Å². The molecule has 0 amide bonds. The zero-order valence-electron chi connectivity index (χ0n) is 13.1. The van der Waals surface area contributed by atoms with Gasteiger partial charge < -0.3 is 10.1 Å². The van der Waals surface area contributed by atoms with Crippen molar-refractivity contribution in [3.05, 3.63) is 35.4 Å². The molecule has 3 heterocycles. The van der Waals surface area contributed by atoms with Gasteiger partial charge in [0.1, 0.15) is 0 Å². The summed E-state index contributed by atoms with van der Waals surface area (Å²) >= 11 is 4.16. The molecule has 0 aliphatic carbocycles. The Balaban J connectivity index is 1.48. The van der Waals surface area contributed by atoms with Crippen LogP contribution in [0.25, 0.3) is 0 Å². The second-order valence-electron chi connectivity index (χ2n) is 6.77. The van der Waals surface area contributed by atoms with Crippen LogP contribution in [0.1, 0.15) is 36.4 Å².